The first kappa shape index (κ1) is 36.8. The monoisotopic (exact) mass is 757 g/mol. The van der Waals surface area contributed by atoms with E-state index in [2.05, 4.69) is 16.4 Å². The first-order valence-electron chi connectivity index (χ1n) is 19.0. The number of anilines is 3. The van der Waals surface area contributed by atoms with Crippen molar-refractivity contribution in [1.29, 1.82) is 0 Å². The number of hydrogen-bond acceptors (Lipinski definition) is 8. The van der Waals surface area contributed by atoms with Gasteiger partial charge in [-0.2, -0.15) is 0 Å². The molecule has 2 amide bonds. The SMILES string of the molecule is COc1ccc2c(c1)[C@@]1(O[C@H](CCn3cc(C(CO)c4ccccc4)nn3)[C@@H]([Si](C)(C)O)[C@@H]1C)C(=O)N2Cc1cccc(N2C(=O)CCc3ccccc32)c1. The number of nitrogens with zero attached hydrogens (tertiary/aromatic N) is 5. The van der Waals surface area contributed by atoms with E-state index < -0.39 is 20.0 Å². The molecule has 0 saturated carbocycles. The van der Waals surface area contributed by atoms with Gasteiger partial charge in [-0.05, 0) is 79.0 Å². The number of ether oxygens (including phenoxy) is 2. The zero-order valence-corrected chi connectivity index (χ0v) is 32.6. The molecule has 3 aliphatic heterocycles. The Kier molecular flexibility index (Phi) is 9.70. The van der Waals surface area contributed by atoms with Gasteiger partial charge < -0.3 is 24.3 Å². The molecule has 1 saturated heterocycles. The van der Waals surface area contributed by atoms with E-state index in [0.717, 1.165) is 39.3 Å². The van der Waals surface area contributed by atoms with Gasteiger partial charge in [0.25, 0.3) is 5.91 Å². The van der Waals surface area contributed by atoms with Crippen LogP contribution in [-0.2, 0) is 39.4 Å². The van der Waals surface area contributed by atoms with Gasteiger partial charge in [-0.25, -0.2) is 0 Å². The van der Waals surface area contributed by atoms with Gasteiger partial charge in [0.1, 0.15) is 5.75 Å². The average molecular weight is 758 g/mol. The van der Waals surface area contributed by atoms with Crippen molar-refractivity contribution in [3.63, 3.8) is 0 Å². The van der Waals surface area contributed by atoms with Gasteiger partial charge in [0.2, 0.25) is 5.91 Å². The summed E-state index contributed by atoms with van der Waals surface area (Å²) in [6.45, 7) is 6.47. The topological polar surface area (TPSA) is 130 Å². The maximum absolute atomic E-state index is 15.1. The Balaban J connectivity index is 1.10. The highest BCUT2D eigenvalue weighted by Crippen LogP contribution is 2.60. The Morgan fingerprint density at radius 3 is 2.51 bits per heavy atom. The Hall–Kier alpha value is -5.14. The normalized spacial score (nSPS) is 22.6. The molecule has 8 rings (SSSR count). The summed E-state index contributed by atoms with van der Waals surface area (Å²) in [5.74, 6) is -0.194. The molecule has 1 fully saturated rings. The number of aliphatic hydroxyl groups excluding tert-OH is 1. The number of carbonyl (C=O) groups is 2. The number of rotatable bonds is 11. The van der Waals surface area contributed by atoms with Crippen LogP contribution in [0.15, 0.2) is 103 Å². The molecule has 1 spiro atoms. The van der Waals surface area contributed by atoms with Crippen LogP contribution in [0.25, 0.3) is 0 Å². The van der Waals surface area contributed by atoms with Crippen LogP contribution in [-0.4, -0.2) is 64.8 Å². The summed E-state index contributed by atoms with van der Waals surface area (Å²) in [7, 11) is -1.31. The molecule has 0 aliphatic carbocycles. The summed E-state index contributed by atoms with van der Waals surface area (Å²) >= 11 is 0. The van der Waals surface area contributed by atoms with E-state index in [1.165, 1.54) is 0 Å². The number of aromatic nitrogens is 3. The van der Waals surface area contributed by atoms with Crippen molar-refractivity contribution in [3.05, 3.63) is 131 Å². The lowest BCUT2D eigenvalue weighted by molar-refractivity contribution is -0.146. The number of methoxy groups -OCH3 is 1. The summed E-state index contributed by atoms with van der Waals surface area (Å²) in [5.41, 5.74) is 5.09. The predicted octanol–water partition coefficient (Wildman–Crippen LogP) is 6.46. The predicted molar refractivity (Wildman–Crippen MR) is 212 cm³/mol. The van der Waals surface area contributed by atoms with Crippen LogP contribution in [0.5, 0.6) is 5.75 Å². The average Bonchev–Trinajstić information content (AvgIpc) is 3.84. The quantitative estimate of drug-likeness (QED) is 0.147. The third kappa shape index (κ3) is 6.46. The van der Waals surface area contributed by atoms with E-state index in [9.17, 15) is 14.7 Å². The van der Waals surface area contributed by atoms with Crippen LogP contribution < -0.4 is 14.5 Å². The number of fused-ring (bicyclic) bond motifs is 3. The first-order chi connectivity index (χ1) is 26.5. The van der Waals surface area contributed by atoms with Crippen molar-refractivity contribution in [1.82, 2.24) is 15.0 Å². The van der Waals surface area contributed by atoms with Crippen molar-refractivity contribution in [2.24, 2.45) is 5.92 Å². The summed E-state index contributed by atoms with van der Waals surface area (Å²) < 4.78 is 14.5. The van der Waals surface area contributed by atoms with Crippen LogP contribution in [0.2, 0.25) is 18.6 Å². The standard InChI is InChI=1S/C43H47N5O6Si/c1-28-41(55(3,4)52)39(21-22-46-26-36(44-45-46)34(27-49)30-12-6-5-7-13-30)54-43(28)35-24-33(53-2)18-19-38(35)47(42(43)51)25-29-11-10-15-32(23-29)48-37-16-9-8-14-31(37)17-20-40(48)50/h5-16,18-19,23-24,26,28,34,39,41,49,52H,17,20-22,25,27H2,1-4H3/t28-,34?,39+,41-,43+/m0/s1. The van der Waals surface area contributed by atoms with Gasteiger partial charge in [-0.3, -0.25) is 19.2 Å². The second-order valence-corrected chi connectivity index (χ2v) is 19.5. The largest absolute Gasteiger partial charge is 0.497 e. The molecule has 284 valence electrons. The third-order valence-corrected chi connectivity index (χ3v) is 14.2. The van der Waals surface area contributed by atoms with Gasteiger partial charge in [0.15, 0.2) is 13.9 Å². The molecule has 3 aliphatic rings. The van der Waals surface area contributed by atoms with Crippen LogP contribution >= 0.6 is 0 Å². The summed E-state index contributed by atoms with van der Waals surface area (Å²) in [6.07, 6.45) is 3.04. The van der Waals surface area contributed by atoms with Crippen molar-refractivity contribution in [2.45, 2.75) is 75.5 Å². The van der Waals surface area contributed by atoms with Crippen molar-refractivity contribution >= 4 is 37.2 Å². The number of aryl methyl sites for hydroxylation is 2. The minimum absolute atomic E-state index is 0.0390. The molecule has 4 aromatic carbocycles. The molecular formula is C43H47N5O6Si. The molecule has 4 heterocycles. The van der Waals surface area contributed by atoms with Gasteiger partial charge in [-0.1, -0.05) is 72.8 Å². The highest BCUT2D eigenvalue weighted by Gasteiger charge is 2.66. The second-order valence-electron chi connectivity index (χ2n) is 15.5. The fourth-order valence-electron chi connectivity index (χ4n) is 9.20. The van der Waals surface area contributed by atoms with Crippen molar-refractivity contribution in [3.8, 4) is 5.75 Å². The van der Waals surface area contributed by atoms with E-state index in [0.29, 0.717) is 37.3 Å². The van der Waals surface area contributed by atoms with E-state index in [1.807, 2.05) is 117 Å². The number of para-hydroxylation sites is 1. The highest BCUT2D eigenvalue weighted by atomic mass is 28.4. The maximum Gasteiger partial charge on any atom is 0.264 e. The smallest absolute Gasteiger partial charge is 0.264 e. The zero-order valence-electron chi connectivity index (χ0n) is 31.6. The molecule has 1 aromatic heterocycles. The van der Waals surface area contributed by atoms with E-state index in [1.54, 1.807) is 21.6 Å². The molecule has 2 N–H and O–H groups in total. The first-order valence-corrected chi connectivity index (χ1v) is 22.0. The molecule has 12 heteroatoms. The Bertz CT molecular complexity index is 2220. The zero-order chi connectivity index (χ0) is 38.5. The summed E-state index contributed by atoms with van der Waals surface area (Å²) in [6, 6.07) is 31.2. The molecule has 55 heavy (non-hydrogen) atoms. The molecule has 11 nitrogen and oxygen atoms in total. The number of aliphatic hydroxyl groups is 1. The van der Waals surface area contributed by atoms with Crippen LogP contribution in [0.3, 0.4) is 0 Å². The Labute approximate surface area is 322 Å². The number of hydrogen-bond donors (Lipinski definition) is 2. The molecule has 0 radical (unpaired) electrons. The lowest BCUT2D eigenvalue weighted by Crippen LogP contribution is -2.46. The minimum Gasteiger partial charge on any atom is -0.497 e. The number of amides is 2. The fraction of sp³-hybridized carbons (Fsp3) is 0.349. The fourth-order valence-corrected chi connectivity index (χ4v) is 11.8. The Morgan fingerprint density at radius 2 is 1.75 bits per heavy atom. The summed E-state index contributed by atoms with van der Waals surface area (Å²) in [5, 5.41) is 19.0. The third-order valence-electron chi connectivity index (χ3n) is 11.7. The van der Waals surface area contributed by atoms with Gasteiger partial charge in [-0.15, -0.1) is 5.10 Å². The maximum atomic E-state index is 15.1. The van der Waals surface area contributed by atoms with Crippen LogP contribution in [0.4, 0.5) is 17.1 Å². The van der Waals surface area contributed by atoms with Gasteiger partial charge >= 0.3 is 0 Å². The van der Waals surface area contributed by atoms with Gasteiger partial charge in [0.05, 0.1) is 49.4 Å². The number of carbonyl (C=O) groups excluding carboxylic acids is 2. The van der Waals surface area contributed by atoms with E-state index in [4.69, 9.17) is 9.47 Å². The molecular weight excluding hydrogens is 711 g/mol. The highest BCUT2D eigenvalue weighted by molar-refractivity contribution is 6.71. The van der Waals surface area contributed by atoms with E-state index in [-0.39, 0.29) is 42.3 Å². The van der Waals surface area contributed by atoms with Crippen molar-refractivity contribution in [2.75, 3.05) is 23.5 Å². The second kappa shape index (κ2) is 14.5. The molecule has 5 aromatic rings. The van der Waals surface area contributed by atoms with Crippen LogP contribution in [0, 0.1) is 5.92 Å². The van der Waals surface area contributed by atoms with E-state index >= 15 is 4.79 Å². The Morgan fingerprint density at radius 1 is 0.964 bits per heavy atom. The number of benzene rings is 4. The lowest BCUT2D eigenvalue weighted by atomic mass is 9.82. The molecule has 1 unspecified atom stereocenters. The summed E-state index contributed by atoms with van der Waals surface area (Å²) in [4.78, 5) is 43.8. The van der Waals surface area contributed by atoms with Crippen LogP contribution in [0.1, 0.15) is 53.6 Å². The molecule has 5 atom stereocenters. The molecule has 0 bridgehead atoms. The van der Waals surface area contributed by atoms with Gasteiger partial charge in [0, 0.05) is 41.9 Å². The van der Waals surface area contributed by atoms with Crippen molar-refractivity contribution < 1.29 is 29.0 Å². The minimum atomic E-state index is -2.92. The lowest BCUT2D eigenvalue weighted by Gasteiger charge is -2.32.